The minimum Gasteiger partial charge on any atom is -0.349 e. The molecule has 1 N–H and O–H groups in total. The number of benzene rings is 2. The van der Waals surface area contributed by atoms with E-state index in [0.717, 1.165) is 12.0 Å². The first-order valence-electron chi connectivity index (χ1n) is 10.1. The average Bonchev–Trinajstić information content (AvgIpc) is 2.74. The number of sulfonamides is 1. The Labute approximate surface area is 188 Å². The van der Waals surface area contributed by atoms with Crippen LogP contribution in [0.3, 0.4) is 0 Å². The van der Waals surface area contributed by atoms with Crippen molar-refractivity contribution in [1.82, 2.24) is 9.62 Å². The minimum atomic E-state index is -3.52. The molecule has 1 saturated heterocycles. The zero-order valence-electron chi connectivity index (χ0n) is 16.9. The highest BCUT2D eigenvalue weighted by atomic mass is 35.5. The van der Waals surface area contributed by atoms with Crippen LogP contribution in [0.25, 0.3) is 0 Å². The number of carbonyl (C=O) groups is 1. The van der Waals surface area contributed by atoms with Crippen LogP contribution in [0, 0.1) is 5.92 Å². The van der Waals surface area contributed by atoms with E-state index in [1.807, 2.05) is 37.3 Å². The van der Waals surface area contributed by atoms with E-state index in [0.29, 0.717) is 41.5 Å². The molecule has 0 spiro atoms. The lowest BCUT2D eigenvalue weighted by Crippen LogP contribution is -2.44. The van der Waals surface area contributed by atoms with E-state index in [1.165, 1.54) is 4.31 Å². The molecule has 0 aromatic heterocycles. The van der Waals surface area contributed by atoms with Crippen molar-refractivity contribution in [3.05, 3.63) is 69.7 Å². The van der Waals surface area contributed by atoms with E-state index in [4.69, 9.17) is 23.2 Å². The molecule has 162 valence electrons. The van der Waals surface area contributed by atoms with Crippen molar-refractivity contribution in [1.29, 1.82) is 0 Å². The number of nitrogens with one attached hydrogen (secondary N) is 1. The number of rotatable bonds is 7. The third-order valence-electron chi connectivity index (χ3n) is 5.50. The van der Waals surface area contributed by atoms with Crippen LogP contribution in [0.4, 0.5) is 0 Å². The second-order valence-corrected chi connectivity index (χ2v) is 10.4. The number of hydrogen-bond donors (Lipinski definition) is 1. The van der Waals surface area contributed by atoms with E-state index in [2.05, 4.69) is 5.32 Å². The molecule has 2 aromatic carbocycles. The fourth-order valence-electron chi connectivity index (χ4n) is 3.72. The molecule has 30 heavy (non-hydrogen) atoms. The van der Waals surface area contributed by atoms with Crippen LogP contribution in [0.5, 0.6) is 0 Å². The predicted octanol–water partition coefficient (Wildman–Crippen LogP) is 4.80. The van der Waals surface area contributed by atoms with Gasteiger partial charge in [-0.3, -0.25) is 4.79 Å². The summed E-state index contributed by atoms with van der Waals surface area (Å²) in [6.45, 7) is 2.69. The number of hydrogen-bond acceptors (Lipinski definition) is 3. The Balaban J connectivity index is 1.57. The summed E-state index contributed by atoms with van der Waals surface area (Å²) in [7, 11) is -3.52. The van der Waals surface area contributed by atoms with Gasteiger partial charge in [0.05, 0.1) is 11.8 Å². The zero-order valence-corrected chi connectivity index (χ0v) is 19.2. The van der Waals surface area contributed by atoms with Gasteiger partial charge in [-0.05, 0) is 42.5 Å². The summed E-state index contributed by atoms with van der Waals surface area (Å²) in [5, 5.41) is 3.93. The van der Waals surface area contributed by atoms with Gasteiger partial charge in [0.25, 0.3) is 0 Å². The minimum absolute atomic E-state index is 0.0107. The first-order valence-corrected chi connectivity index (χ1v) is 12.4. The Hall–Kier alpha value is -1.60. The molecule has 2 aromatic rings. The van der Waals surface area contributed by atoms with Crippen LogP contribution >= 0.6 is 23.2 Å². The number of piperidine rings is 1. The Morgan fingerprint density at radius 3 is 2.40 bits per heavy atom. The molecule has 1 aliphatic heterocycles. The third kappa shape index (κ3) is 5.76. The molecular formula is C22H26Cl2N2O3S. The molecule has 1 atom stereocenters. The van der Waals surface area contributed by atoms with Crippen molar-refractivity contribution < 1.29 is 13.2 Å². The highest BCUT2D eigenvalue weighted by Crippen LogP contribution is 2.27. The van der Waals surface area contributed by atoms with E-state index in [9.17, 15) is 13.2 Å². The standard InChI is InChI=1S/C22H26Cl2N2O3S/c1-2-21(16-6-4-3-5-7-16)25-22(27)17-10-12-26(13-11-17)30(28,29)15-18-8-9-19(23)14-20(18)24/h3-9,14,17,21H,2,10-13,15H2,1H3,(H,25,27). The summed E-state index contributed by atoms with van der Waals surface area (Å²) in [6, 6.07) is 14.7. The molecule has 1 fully saturated rings. The van der Waals surface area contributed by atoms with Gasteiger partial charge in [0.1, 0.15) is 0 Å². The molecule has 0 aliphatic carbocycles. The third-order valence-corrected chi connectivity index (χ3v) is 7.91. The van der Waals surface area contributed by atoms with Gasteiger partial charge >= 0.3 is 0 Å². The summed E-state index contributed by atoms with van der Waals surface area (Å²) in [5.41, 5.74) is 1.60. The number of carbonyl (C=O) groups excluding carboxylic acids is 1. The van der Waals surface area contributed by atoms with Crippen molar-refractivity contribution in [2.75, 3.05) is 13.1 Å². The normalized spacial score (nSPS) is 16.9. The van der Waals surface area contributed by atoms with E-state index >= 15 is 0 Å². The quantitative estimate of drug-likeness (QED) is 0.634. The number of nitrogens with zero attached hydrogens (tertiary/aromatic N) is 1. The summed E-state index contributed by atoms with van der Waals surface area (Å²) in [6.07, 6.45) is 1.81. The Morgan fingerprint density at radius 2 is 1.80 bits per heavy atom. The summed E-state index contributed by atoms with van der Waals surface area (Å²) >= 11 is 12.0. The predicted molar refractivity (Wildman–Crippen MR) is 121 cm³/mol. The maximum absolute atomic E-state index is 12.8. The molecular weight excluding hydrogens is 443 g/mol. The maximum Gasteiger partial charge on any atom is 0.223 e. The van der Waals surface area contributed by atoms with Crippen LogP contribution in [0.15, 0.2) is 48.5 Å². The van der Waals surface area contributed by atoms with Crippen LogP contribution < -0.4 is 5.32 Å². The molecule has 8 heteroatoms. The Bertz CT molecular complexity index is 975. The van der Waals surface area contributed by atoms with Gasteiger partial charge < -0.3 is 5.32 Å². The molecule has 1 unspecified atom stereocenters. The van der Waals surface area contributed by atoms with Crippen molar-refractivity contribution in [2.45, 2.75) is 38.0 Å². The van der Waals surface area contributed by atoms with Gasteiger partial charge in [0.15, 0.2) is 0 Å². The van der Waals surface area contributed by atoms with Crippen molar-refractivity contribution in [3.63, 3.8) is 0 Å². The smallest absolute Gasteiger partial charge is 0.223 e. The SMILES string of the molecule is CCC(NC(=O)C1CCN(S(=O)(=O)Cc2ccc(Cl)cc2Cl)CC1)c1ccccc1. The second-order valence-electron chi connectivity index (χ2n) is 7.55. The van der Waals surface area contributed by atoms with E-state index < -0.39 is 10.0 Å². The Morgan fingerprint density at radius 1 is 1.13 bits per heavy atom. The fourth-order valence-corrected chi connectivity index (χ4v) is 5.87. The fraction of sp³-hybridized carbons (Fsp3) is 0.409. The van der Waals surface area contributed by atoms with Crippen molar-refractivity contribution in [2.24, 2.45) is 5.92 Å². The second kappa shape index (κ2) is 10.1. The molecule has 5 nitrogen and oxygen atoms in total. The highest BCUT2D eigenvalue weighted by Gasteiger charge is 2.32. The Kier molecular flexibility index (Phi) is 7.80. The lowest BCUT2D eigenvalue weighted by atomic mass is 9.96. The molecule has 3 rings (SSSR count). The summed E-state index contributed by atoms with van der Waals surface area (Å²) < 4.78 is 27.1. The molecule has 0 bridgehead atoms. The topological polar surface area (TPSA) is 66.5 Å². The van der Waals surface area contributed by atoms with Crippen LogP contribution in [-0.2, 0) is 20.6 Å². The van der Waals surface area contributed by atoms with Gasteiger partial charge in [0.2, 0.25) is 15.9 Å². The summed E-state index contributed by atoms with van der Waals surface area (Å²) in [4.78, 5) is 12.8. The zero-order chi connectivity index (χ0) is 21.7. The van der Waals surface area contributed by atoms with Gasteiger partial charge in [-0.1, -0.05) is 66.5 Å². The number of halogens is 2. The molecule has 1 heterocycles. The van der Waals surface area contributed by atoms with Gasteiger partial charge in [-0.25, -0.2) is 12.7 Å². The van der Waals surface area contributed by atoms with E-state index in [-0.39, 0.29) is 23.6 Å². The summed E-state index contributed by atoms with van der Waals surface area (Å²) in [5.74, 6) is -0.372. The lowest BCUT2D eigenvalue weighted by Gasteiger charge is -2.31. The lowest BCUT2D eigenvalue weighted by molar-refractivity contribution is -0.126. The van der Waals surface area contributed by atoms with Crippen LogP contribution in [-0.4, -0.2) is 31.7 Å². The molecule has 1 amide bonds. The largest absolute Gasteiger partial charge is 0.349 e. The molecule has 0 saturated carbocycles. The molecule has 0 radical (unpaired) electrons. The van der Waals surface area contributed by atoms with Gasteiger partial charge in [-0.15, -0.1) is 0 Å². The first kappa shape index (κ1) is 23.1. The highest BCUT2D eigenvalue weighted by molar-refractivity contribution is 7.88. The van der Waals surface area contributed by atoms with Crippen molar-refractivity contribution >= 4 is 39.1 Å². The van der Waals surface area contributed by atoms with Crippen molar-refractivity contribution in [3.8, 4) is 0 Å². The average molecular weight is 469 g/mol. The van der Waals surface area contributed by atoms with E-state index in [1.54, 1.807) is 18.2 Å². The van der Waals surface area contributed by atoms with Crippen LogP contribution in [0.2, 0.25) is 10.0 Å². The monoisotopic (exact) mass is 468 g/mol. The van der Waals surface area contributed by atoms with Crippen LogP contribution in [0.1, 0.15) is 43.4 Å². The molecule has 1 aliphatic rings. The van der Waals surface area contributed by atoms with Gasteiger partial charge in [-0.2, -0.15) is 0 Å². The number of amides is 1. The maximum atomic E-state index is 12.8. The first-order chi connectivity index (χ1) is 14.3. The van der Waals surface area contributed by atoms with Gasteiger partial charge in [0, 0.05) is 29.1 Å².